The van der Waals surface area contributed by atoms with Crippen molar-refractivity contribution in [3.63, 3.8) is 0 Å². The summed E-state index contributed by atoms with van der Waals surface area (Å²) in [6.45, 7) is 6.35. The predicted molar refractivity (Wildman–Crippen MR) is 63.8 cm³/mol. The summed E-state index contributed by atoms with van der Waals surface area (Å²) in [7, 11) is 0. The van der Waals surface area contributed by atoms with Crippen molar-refractivity contribution in [3.8, 4) is 0 Å². The van der Waals surface area contributed by atoms with Crippen molar-refractivity contribution in [2.75, 3.05) is 19.6 Å². The summed E-state index contributed by atoms with van der Waals surface area (Å²) in [6, 6.07) is 7.45. The number of nitrogens with one attached hydrogen (secondary N) is 1. The van der Waals surface area contributed by atoms with E-state index in [2.05, 4.69) is 17.1 Å². The minimum Gasteiger partial charge on any atom is -0.314 e. The van der Waals surface area contributed by atoms with E-state index in [4.69, 9.17) is 0 Å². The molecule has 1 saturated heterocycles. The first-order valence-corrected chi connectivity index (χ1v) is 5.99. The molecule has 0 radical (unpaired) electrons. The highest BCUT2D eigenvalue weighted by Gasteiger charge is 2.20. The van der Waals surface area contributed by atoms with Crippen molar-refractivity contribution >= 4 is 0 Å². The maximum atomic E-state index is 12.8. The van der Waals surface area contributed by atoms with Crippen LogP contribution in [0.3, 0.4) is 0 Å². The second kappa shape index (κ2) is 5.41. The average molecular weight is 222 g/mol. The lowest BCUT2D eigenvalue weighted by molar-refractivity contribution is 0.149. The number of halogens is 1. The van der Waals surface area contributed by atoms with Crippen molar-refractivity contribution in [1.82, 2.24) is 10.2 Å². The number of nitrogens with zero attached hydrogens (tertiary/aromatic N) is 1. The number of benzene rings is 1. The summed E-state index contributed by atoms with van der Waals surface area (Å²) in [5.41, 5.74) is 1.20. The third-order valence-corrected chi connectivity index (χ3v) is 3.24. The second-order valence-corrected chi connectivity index (χ2v) is 4.36. The molecule has 1 atom stereocenters. The van der Waals surface area contributed by atoms with Gasteiger partial charge in [-0.2, -0.15) is 0 Å². The lowest BCUT2D eigenvalue weighted by atomic mass is 10.1. The van der Waals surface area contributed by atoms with Gasteiger partial charge in [-0.3, -0.25) is 4.90 Å². The summed E-state index contributed by atoms with van der Waals surface area (Å²) < 4.78 is 12.8. The van der Waals surface area contributed by atoms with Crippen molar-refractivity contribution in [2.24, 2.45) is 0 Å². The number of hydrogen-bond acceptors (Lipinski definition) is 2. The van der Waals surface area contributed by atoms with E-state index >= 15 is 0 Å². The highest BCUT2D eigenvalue weighted by molar-refractivity contribution is 5.16. The van der Waals surface area contributed by atoms with Crippen LogP contribution in [0, 0.1) is 5.82 Å². The van der Waals surface area contributed by atoms with Crippen LogP contribution >= 0.6 is 0 Å². The zero-order chi connectivity index (χ0) is 11.4. The fourth-order valence-corrected chi connectivity index (χ4v) is 2.24. The van der Waals surface area contributed by atoms with E-state index in [-0.39, 0.29) is 5.82 Å². The number of rotatable bonds is 3. The maximum absolute atomic E-state index is 12.8. The van der Waals surface area contributed by atoms with Crippen molar-refractivity contribution in [3.05, 3.63) is 35.6 Å². The van der Waals surface area contributed by atoms with E-state index < -0.39 is 0 Å². The fourth-order valence-electron chi connectivity index (χ4n) is 2.24. The Labute approximate surface area is 96.5 Å². The van der Waals surface area contributed by atoms with Gasteiger partial charge >= 0.3 is 0 Å². The Morgan fingerprint density at radius 3 is 2.81 bits per heavy atom. The fraction of sp³-hybridized carbons (Fsp3) is 0.538. The van der Waals surface area contributed by atoms with Gasteiger partial charge < -0.3 is 5.32 Å². The quantitative estimate of drug-likeness (QED) is 0.841. The van der Waals surface area contributed by atoms with Gasteiger partial charge in [-0.15, -0.1) is 0 Å². The molecular weight excluding hydrogens is 203 g/mol. The molecule has 0 spiro atoms. The minimum absolute atomic E-state index is 0.156. The predicted octanol–water partition coefficient (Wildman–Crippen LogP) is 2.01. The van der Waals surface area contributed by atoms with Gasteiger partial charge in [0.1, 0.15) is 5.82 Å². The monoisotopic (exact) mass is 222 g/mol. The molecule has 1 aliphatic heterocycles. The van der Waals surface area contributed by atoms with Crippen LogP contribution in [-0.2, 0) is 6.54 Å². The lowest BCUT2D eigenvalue weighted by Gasteiger charge is -2.35. The first-order valence-electron chi connectivity index (χ1n) is 5.99. The third-order valence-electron chi connectivity index (χ3n) is 3.24. The van der Waals surface area contributed by atoms with Gasteiger partial charge in [-0.05, 0) is 24.1 Å². The minimum atomic E-state index is -0.156. The molecule has 0 amide bonds. The molecule has 0 bridgehead atoms. The first kappa shape index (κ1) is 11.6. The van der Waals surface area contributed by atoms with Gasteiger partial charge in [-0.1, -0.05) is 19.1 Å². The molecule has 0 aliphatic carbocycles. The molecule has 0 saturated carbocycles. The summed E-state index contributed by atoms with van der Waals surface area (Å²) >= 11 is 0. The summed E-state index contributed by atoms with van der Waals surface area (Å²) in [5.74, 6) is -0.156. The maximum Gasteiger partial charge on any atom is 0.123 e. The molecule has 1 fully saturated rings. The summed E-state index contributed by atoms with van der Waals surface area (Å²) in [6.07, 6.45) is 1.16. The Kier molecular flexibility index (Phi) is 3.91. The SMILES string of the molecule is CCC1CNCCN1Cc1ccc(F)cc1. The molecular formula is C13H19FN2. The highest BCUT2D eigenvalue weighted by atomic mass is 19.1. The molecule has 2 rings (SSSR count). The van der Waals surface area contributed by atoms with Crippen LogP contribution in [0.5, 0.6) is 0 Å². The first-order chi connectivity index (χ1) is 7.79. The average Bonchev–Trinajstić information content (AvgIpc) is 2.33. The third kappa shape index (κ3) is 2.80. The molecule has 0 aromatic heterocycles. The highest BCUT2D eigenvalue weighted by Crippen LogP contribution is 2.12. The van der Waals surface area contributed by atoms with Gasteiger partial charge in [0, 0.05) is 32.2 Å². The van der Waals surface area contributed by atoms with Gasteiger partial charge in [0.05, 0.1) is 0 Å². The van der Waals surface area contributed by atoms with Crippen molar-refractivity contribution in [2.45, 2.75) is 25.9 Å². The van der Waals surface area contributed by atoms with Crippen molar-refractivity contribution in [1.29, 1.82) is 0 Å². The smallest absolute Gasteiger partial charge is 0.123 e. The lowest BCUT2D eigenvalue weighted by Crippen LogP contribution is -2.50. The Balaban J connectivity index is 1.99. The largest absolute Gasteiger partial charge is 0.314 e. The van der Waals surface area contributed by atoms with Gasteiger partial charge in [0.25, 0.3) is 0 Å². The molecule has 1 aromatic carbocycles. The van der Waals surface area contributed by atoms with E-state index in [1.54, 1.807) is 12.1 Å². The molecule has 1 aromatic rings. The Bertz CT molecular complexity index is 323. The zero-order valence-corrected chi connectivity index (χ0v) is 9.75. The second-order valence-electron chi connectivity index (χ2n) is 4.36. The molecule has 1 aliphatic rings. The van der Waals surface area contributed by atoms with Crippen LogP contribution in [0.15, 0.2) is 24.3 Å². The molecule has 2 nitrogen and oxygen atoms in total. The van der Waals surface area contributed by atoms with E-state index in [1.165, 1.54) is 5.56 Å². The summed E-state index contributed by atoms with van der Waals surface area (Å²) in [4.78, 5) is 2.48. The molecule has 1 unspecified atom stereocenters. The standard InChI is InChI=1S/C13H19FN2/c1-2-13-9-15-7-8-16(13)10-11-3-5-12(14)6-4-11/h3-6,13,15H,2,7-10H2,1H3. The van der Waals surface area contributed by atoms with E-state index in [9.17, 15) is 4.39 Å². The zero-order valence-electron chi connectivity index (χ0n) is 9.75. The molecule has 1 heterocycles. The van der Waals surface area contributed by atoms with E-state index in [0.717, 1.165) is 32.6 Å². The van der Waals surface area contributed by atoms with Crippen LogP contribution in [0.1, 0.15) is 18.9 Å². The molecule has 1 N–H and O–H groups in total. The Hall–Kier alpha value is -0.930. The number of hydrogen-bond donors (Lipinski definition) is 1. The number of piperazine rings is 1. The topological polar surface area (TPSA) is 15.3 Å². The molecule has 16 heavy (non-hydrogen) atoms. The van der Waals surface area contributed by atoms with Gasteiger partial charge in [0.2, 0.25) is 0 Å². The van der Waals surface area contributed by atoms with E-state index in [1.807, 2.05) is 12.1 Å². The van der Waals surface area contributed by atoms with Crippen LogP contribution in [0.2, 0.25) is 0 Å². The van der Waals surface area contributed by atoms with Crippen LogP contribution in [0.25, 0.3) is 0 Å². The Morgan fingerprint density at radius 2 is 2.12 bits per heavy atom. The van der Waals surface area contributed by atoms with Gasteiger partial charge in [0.15, 0.2) is 0 Å². The van der Waals surface area contributed by atoms with Gasteiger partial charge in [-0.25, -0.2) is 4.39 Å². The molecule has 88 valence electrons. The van der Waals surface area contributed by atoms with Crippen molar-refractivity contribution < 1.29 is 4.39 Å². The molecule has 3 heteroatoms. The van der Waals surface area contributed by atoms with Crippen LogP contribution < -0.4 is 5.32 Å². The summed E-state index contributed by atoms with van der Waals surface area (Å²) in [5, 5.41) is 3.41. The van der Waals surface area contributed by atoms with E-state index in [0.29, 0.717) is 6.04 Å². The normalized spacial score (nSPS) is 22.2. The Morgan fingerprint density at radius 1 is 1.38 bits per heavy atom. The van der Waals surface area contributed by atoms with Crippen LogP contribution in [0.4, 0.5) is 4.39 Å². The van der Waals surface area contributed by atoms with Crippen LogP contribution in [-0.4, -0.2) is 30.6 Å².